The topological polar surface area (TPSA) is 58.4 Å². The number of piperidine rings is 1. The molecule has 35 heavy (non-hydrogen) atoms. The van der Waals surface area contributed by atoms with E-state index in [0.29, 0.717) is 17.5 Å². The molecule has 6 heteroatoms. The highest BCUT2D eigenvalue weighted by molar-refractivity contribution is 5.81. The van der Waals surface area contributed by atoms with Gasteiger partial charge in [-0.2, -0.15) is 5.10 Å². The number of carbonyl (C=O) groups excluding carboxylic acids is 1. The molecule has 0 spiro atoms. The van der Waals surface area contributed by atoms with Crippen molar-refractivity contribution in [2.45, 2.75) is 76.2 Å². The summed E-state index contributed by atoms with van der Waals surface area (Å²) in [5, 5.41) is 5.79. The highest BCUT2D eigenvalue weighted by atomic mass is 16.2. The van der Waals surface area contributed by atoms with Crippen LogP contribution in [0.2, 0.25) is 0 Å². The normalized spacial score (nSPS) is 30.4. The molecule has 6 nitrogen and oxygen atoms in total. The van der Waals surface area contributed by atoms with Crippen molar-refractivity contribution in [3.05, 3.63) is 76.7 Å². The monoisotopic (exact) mass is 470 g/mol. The number of likely N-dealkylation sites (N-methyl/N-ethyl adjacent to an activating group) is 1. The molecule has 0 N–H and O–H groups in total. The standard InChI is InChI=1S/C29H34N4O2/c1-29-17-24-23(16-20-10-4-3-5-11-20)33(26(29)15-9-8-14-25(29)31(24)2)27(34)19-32-28(35)22-13-7-6-12-21(22)18-30-32/h3-7,10-13,18,23-26H,8-9,14-17,19H2,1-2H3/t23-,24-,25-,26+,29-/m0/s1. The summed E-state index contributed by atoms with van der Waals surface area (Å²) in [4.78, 5) is 32.1. The maximum absolute atomic E-state index is 14.1. The van der Waals surface area contributed by atoms with Crippen molar-refractivity contribution in [2.24, 2.45) is 5.41 Å². The van der Waals surface area contributed by atoms with Crippen LogP contribution in [0.25, 0.3) is 10.8 Å². The molecule has 2 saturated heterocycles. The molecule has 3 aliphatic rings. The van der Waals surface area contributed by atoms with Crippen molar-refractivity contribution in [3.8, 4) is 0 Å². The molecule has 2 aliphatic heterocycles. The van der Waals surface area contributed by atoms with E-state index in [2.05, 4.69) is 53.1 Å². The fourth-order valence-corrected chi connectivity index (χ4v) is 7.50. The average molecular weight is 471 g/mol. The number of carbonyl (C=O) groups is 1. The summed E-state index contributed by atoms with van der Waals surface area (Å²) in [5.41, 5.74) is 1.14. The largest absolute Gasteiger partial charge is 0.333 e. The van der Waals surface area contributed by atoms with Crippen LogP contribution in [0.1, 0.15) is 44.6 Å². The number of likely N-dealkylation sites (tertiary alicyclic amines) is 2. The maximum Gasteiger partial charge on any atom is 0.275 e. The van der Waals surface area contributed by atoms with Gasteiger partial charge in [-0.1, -0.05) is 68.3 Å². The molecule has 3 aromatic rings. The van der Waals surface area contributed by atoms with Gasteiger partial charge >= 0.3 is 0 Å². The molecule has 3 fully saturated rings. The minimum atomic E-state index is -0.196. The van der Waals surface area contributed by atoms with E-state index in [9.17, 15) is 9.59 Å². The quantitative estimate of drug-likeness (QED) is 0.581. The van der Waals surface area contributed by atoms with Crippen molar-refractivity contribution < 1.29 is 4.79 Å². The first kappa shape index (κ1) is 22.5. The Hall–Kier alpha value is -2.99. The Morgan fingerprint density at radius 3 is 2.54 bits per heavy atom. The Labute approximate surface area is 206 Å². The third-order valence-electron chi connectivity index (χ3n) is 9.15. The first-order chi connectivity index (χ1) is 17.0. The lowest BCUT2D eigenvalue weighted by Crippen LogP contribution is -2.62. The summed E-state index contributed by atoms with van der Waals surface area (Å²) < 4.78 is 1.36. The molecule has 0 radical (unpaired) electrons. The molecule has 2 bridgehead atoms. The lowest BCUT2D eigenvalue weighted by atomic mass is 9.69. The van der Waals surface area contributed by atoms with Crippen molar-refractivity contribution >= 4 is 16.7 Å². The van der Waals surface area contributed by atoms with Gasteiger partial charge in [0.15, 0.2) is 0 Å². The molecule has 0 unspecified atom stereocenters. The fourth-order valence-electron chi connectivity index (χ4n) is 7.50. The molecule has 182 valence electrons. The smallest absolute Gasteiger partial charge is 0.275 e. The number of benzene rings is 2. The van der Waals surface area contributed by atoms with Gasteiger partial charge < -0.3 is 4.90 Å². The maximum atomic E-state index is 14.1. The van der Waals surface area contributed by atoms with E-state index in [4.69, 9.17) is 0 Å². The van der Waals surface area contributed by atoms with E-state index in [1.165, 1.54) is 23.1 Å². The zero-order valence-corrected chi connectivity index (χ0v) is 20.6. The van der Waals surface area contributed by atoms with Crippen molar-refractivity contribution in [1.82, 2.24) is 19.6 Å². The second-order valence-corrected chi connectivity index (χ2v) is 11.0. The number of aromatic nitrogens is 2. The van der Waals surface area contributed by atoms with Gasteiger partial charge in [0.1, 0.15) is 6.54 Å². The second-order valence-electron chi connectivity index (χ2n) is 11.0. The minimum Gasteiger partial charge on any atom is -0.333 e. The number of hydrogen-bond acceptors (Lipinski definition) is 4. The zero-order valence-electron chi connectivity index (χ0n) is 20.6. The first-order valence-corrected chi connectivity index (χ1v) is 13.0. The van der Waals surface area contributed by atoms with Gasteiger partial charge in [-0.15, -0.1) is 0 Å². The Morgan fingerprint density at radius 1 is 1.03 bits per heavy atom. The Morgan fingerprint density at radius 2 is 1.74 bits per heavy atom. The predicted molar refractivity (Wildman–Crippen MR) is 137 cm³/mol. The van der Waals surface area contributed by atoms with E-state index < -0.39 is 0 Å². The van der Waals surface area contributed by atoms with Crippen molar-refractivity contribution in [1.29, 1.82) is 0 Å². The third kappa shape index (κ3) is 3.61. The van der Waals surface area contributed by atoms with Crippen LogP contribution in [-0.4, -0.2) is 56.7 Å². The Bertz CT molecular complexity index is 1300. The van der Waals surface area contributed by atoms with Crippen molar-refractivity contribution in [2.75, 3.05) is 7.05 Å². The first-order valence-electron chi connectivity index (χ1n) is 13.0. The van der Waals surface area contributed by atoms with Gasteiger partial charge in [0, 0.05) is 28.9 Å². The van der Waals surface area contributed by atoms with Gasteiger partial charge in [0.05, 0.1) is 17.6 Å². The number of rotatable bonds is 4. The summed E-state index contributed by atoms with van der Waals surface area (Å²) in [6.07, 6.45) is 8.25. The van der Waals surface area contributed by atoms with Crippen LogP contribution in [0.4, 0.5) is 0 Å². The Balaban J connectivity index is 1.40. The lowest BCUT2D eigenvalue weighted by molar-refractivity contribution is -0.144. The third-order valence-corrected chi connectivity index (χ3v) is 9.15. The fraction of sp³-hybridized carbons (Fsp3) is 0.483. The predicted octanol–water partition coefficient (Wildman–Crippen LogP) is 3.87. The van der Waals surface area contributed by atoms with Crippen LogP contribution in [0.5, 0.6) is 0 Å². The highest BCUT2D eigenvalue weighted by Gasteiger charge is 2.61. The number of amides is 1. The summed E-state index contributed by atoms with van der Waals surface area (Å²) in [7, 11) is 2.27. The molecule has 5 atom stereocenters. The van der Waals surface area contributed by atoms with Crippen LogP contribution in [0, 0.1) is 5.41 Å². The summed E-state index contributed by atoms with van der Waals surface area (Å²) in [6.45, 7) is 2.40. The van der Waals surface area contributed by atoms with Crippen LogP contribution >= 0.6 is 0 Å². The van der Waals surface area contributed by atoms with E-state index in [1.54, 1.807) is 6.20 Å². The van der Waals surface area contributed by atoms with Crippen molar-refractivity contribution in [3.63, 3.8) is 0 Å². The molecular weight excluding hydrogens is 436 g/mol. The summed E-state index contributed by atoms with van der Waals surface area (Å²) in [5.74, 6) is 0.0210. The molecule has 6 rings (SSSR count). The minimum absolute atomic E-state index is 0.0113. The van der Waals surface area contributed by atoms with Gasteiger partial charge in [-0.25, -0.2) is 4.68 Å². The Kier molecular flexibility index (Phi) is 5.52. The van der Waals surface area contributed by atoms with E-state index in [0.717, 1.165) is 31.1 Å². The molecule has 1 amide bonds. The average Bonchev–Trinajstić information content (AvgIpc) is 2.97. The molecule has 3 heterocycles. The number of hydrogen-bond donors (Lipinski definition) is 0. The van der Waals surface area contributed by atoms with Crippen LogP contribution in [0.15, 0.2) is 65.6 Å². The summed E-state index contributed by atoms with van der Waals surface area (Å²) in [6, 6.07) is 19.1. The number of nitrogens with zero attached hydrogens (tertiary/aromatic N) is 4. The summed E-state index contributed by atoms with van der Waals surface area (Å²) >= 11 is 0. The molecular formula is C29H34N4O2. The second kappa shape index (κ2) is 8.59. The van der Waals surface area contributed by atoms with Crippen LogP contribution in [-0.2, 0) is 17.8 Å². The molecule has 2 aromatic carbocycles. The van der Waals surface area contributed by atoms with Gasteiger partial charge in [-0.3, -0.25) is 14.5 Å². The highest BCUT2D eigenvalue weighted by Crippen LogP contribution is 2.55. The van der Waals surface area contributed by atoms with Crippen LogP contribution < -0.4 is 5.56 Å². The van der Waals surface area contributed by atoms with E-state index in [1.807, 2.05) is 30.3 Å². The lowest BCUT2D eigenvalue weighted by Gasteiger charge is -2.51. The van der Waals surface area contributed by atoms with Gasteiger partial charge in [0.2, 0.25) is 5.91 Å². The van der Waals surface area contributed by atoms with Gasteiger partial charge in [-0.05, 0) is 44.4 Å². The zero-order chi connectivity index (χ0) is 24.2. The molecule has 1 saturated carbocycles. The van der Waals surface area contributed by atoms with Gasteiger partial charge in [0.25, 0.3) is 5.56 Å². The van der Waals surface area contributed by atoms with Crippen LogP contribution in [0.3, 0.4) is 0 Å². The van der Waals surface area contributed by atoms with E-state index >= 15 is 0 Å². The van der Waals surface area contributed by atoms with E-state index in [-0.39, 0.29) is 35.5 Å². The SMILES string of the molecule is CN1[C@H]2CCCC[C@H]3N(C(=O)Cn4ncc5ccccc5c4=O)[C@@H](Cc4ccccc4)[C@@H]1C[C@@]23C. The molecule has 1 aliphatic carbocycles. The molecule has 1 aromatic heterocycles. The number of fused-ring (bicyclic) bond motifs is 2.